The Balaban J connectivity index is 2.77. The van der Waals surface area contributed by atoms with Gasteiger partial charge < -0.3 is 14.6 Å². The first kappa shape index (κ1) is 11.5. The van der Waals surface area contributed by atoms with Gasteiger partial charge >= 0.3 is 5.97 Å². The van der Waals surface area contributed by atoms with Crippen LogP contribution in [-0.2, 0) is 14.3 Å². The van der Waals surface area contributed by atoms with E-state index in [9.17, 15) is 9.90 Å². The smallest absolute Gasteiger partial charge is 0.312 e. The highest BCUT2D eigenvalue weighted by Gasteiger charge is 2.49. The molecule has 1 aliphatic rings. The van der Waals surface area contributed by atoms with Crippen LogP contribution in [0.1, 0.15) is 26.7 Å². The summed E-state index contributed by atoms with van der Waals surface area (Å²) in [5, 5.41) is 9.24. The number of aliphatic carboxylic acids is 1. The number of methoxy groups -OCH3 is 1. The average molecular weight is 202 g/mol. The largest absolute Gasteiger partial charge is 0.481 e. The molecular weight excluding hydrogens is 184 g/mol. The van der Waals surface area contributed by atoms with Gasteiger partial charge in [0.2, 0.25) is 0 Å². The summed E-state index contributed by atoms with van der Waals surface area (Å²) in [6, 6.07) is 0. The molecule has 14 heavy (non-hydrogen) atoms. The second-order valence-electron chi connectivity index (χ2n) is 3.97. The molecule has 3 atom stereocenters. The van der Waals surface area contributed by atoms with E-state index in [2.05, 4.69) is 0 Å². The minimum atomic E-state index is -0.772. The van der Waals surface area contributed by atoms with Gasteiger partial charge in [0, 0.05) is 13.7 Å². The zero-order valence-electron chi connectivity index (χ0n) is 8.95. The summed E-state index contributed by atoms with van der Waals surface area (Å²) < 4.78 is 10.5. The molecule has 1 N–H and O–H groups in total. The molecule has 0 aromatic carbocycles. The molecule has 1 rings (SSSR count). The number of hydrogen-bond acceptors (Lipinski definition) is 3. The van der Waals surface area contributed by atoms with E-state index in [1.165, 1.54) is 0 Å². The van der Waals surface area contributed by atoms with Gasteiger partial charge in [0.15, 0.2) is 0 Å². The first-order valence-corrected chi connectivity index (χ1v) is 4.90. The lowest BCUT2D eigenvalue weighted by molar-refractivity contribution is -0.154. The van der Waals surface area contributed by atoms with E-state index in [1.54, 1.807) is 7.11 Å². The Bertz CT molecular complexity index is 216. The minimum absolute atomic E-state index is 0.0461. The molecule has 0 amide bonds. The summed E-state index contributed by atoms with van der Waals surface area (Å²) in [6.07, 6.45) is 0.824. The van der Waals surface area contributed by atoms with Crippen molar-refractivity contribution < 1.29 is 19.4 Å². The van der Waals surface area contributed by atoms with Crippen molar-refractivity contribution in [3.8, 4) is 0 Å². The molecule has 0 aliphatic carbocycles. The van der Waals surface area contributed by atoms with Crippen molar-refractivity contribution in [2.24, 2.45) is 5.41 Å². The van der Waals surface area contributed by atoms with Crippen molar-refractivity contribution >= 4 is 5.97 Å². The second kappa shape index (κ2) is 4.28. The van der Waals surface area contributed by atoms with Crippen LogP contribution >= 0.6 is 0 Å². The molecule has 0 aromatic heterocycles. The van der Waals surface area contributed by atoms with Crippen LogP contribution in [0.25, 0.3) is 0 Å². The minimum Gasteiger partial charge on any atom is -0.481 e. The summed E-state index contributed by atoms with van der Waals surface area (Å²) in [7, 11) is 1.60. The van der Waals surface area contributed by atoms with Crippen LogP contribution in [-0.4, -0.2) is 37.0 Å². The molecule has 3 unspecified atom stereocenters. The van der Waals surface area contributed by atoms with Gasteiger partial charge in [-0.25, -0.2) is 0 Å². The van der Waals surface area contributed by atoms with Crippen LogP contribution in [0.5, 0.6) is 0 Å². The van der Waals surface area contributed by atoms with Gasteiger partial charge in [-0.15, -0.1) is 0 Å². The molecule has 0 saturated carbocycles. The Morgan fingerprint density at radius 2 is 2.43 bits per heavy atom. The fourth-order valence-electron chi connectivity index (χ4n) is 2.01. The van der Waals surface area contributed by atoms with Gasteiger partial charge in [0.05, 0.1) is 17.6 Å². The fourth-order valence-corrected chi connectivity index (χ4v) is 2.01. The van der Waals surface area contributed by atoms with E-state index >= 15 is 0 Å². The van der Waals surface area contributed by atoms with Gasteiger partial charge in [0.1, 0.15) is 0 Å². The molecule has 1 fully saturated rings. The van der Waals surface area contributed by atoms with E-state index < -0.39 is 11.4 Å². The predicted molar refractivity (Wildman–Crippen MR) is 51.2 cm³/mol. The normalized spacial score (nSPS) is 34.4. The third kappa shape index (κ3) is 1.91. The van der Waals surface area contributed by atoms with Crippen LogP contribution < -0.4 is 0 Å². The Morgan fingerprint density at radius 1 is 1.79 bits per heavy atom. The Hall–Kier alpha value is -0.610. The Kier molecular flexibility index (Phi) is 3.50. The summed E-state index contributed by atoms with van der Waals surface area (Å²) in [5.74, 6) is -0.772. The zero-order chi connectivity index (χ0) is 10.8. The number of carboxylic acids is 1. The molecule has 4 nitrogen and oxygen atoms in total. The van der Waals surface area contributed by atoms with Crippen molar-refractivity contribution in [1.82, 2.24) is 0 Å². The van der Waals surface area contributed by atoms with Crippen LogP contribution in [0.15, 0.2) is 0 Å². The number of carboxylic acid groups (broad SMARTS) is 1. The molecule has 4 heteroatoms. The number of hydrogen-bond donors (Lipinski definition) is 1. The van der Waals surface area contributed by atoms with Gasteiger partial charge in [-0.1, -0.05) is 0 Å². The van der Waals surface area contributed by atoms with Crippen molar-refractivity contribution in [2.45, 2.75) is 38.9 Å². The maximum atomic E-state index is 11.2. The quantitative estimate of drug-likeness (QED) is 0.746. The lowest BCUT2D eigenvalue weighted by atomic mass is 9.77. The maximum Gasteiger partial charge on any atom is 0.312 e. The van der Waals surface area contributed by atoms with Gasteiger partial charge in [-0.2, -0.15) is 0 Å². The summed E-state index contributed by atoms with van der Waals surface area (Å²) in [6.45, 7) is 4.24. The van der Waals surface area contributed by atoms with Gasteiger partial charge in [-0.3, -0.25) is 4.79 Å². The topological polar surface area (TPSA) is 55.8 Å². The summed E-state index contributed by atoms with van der Waals surface area (Å²) in [5.41, 5.74) is -0.755. The van der Waals surface area contributed by atoms with Crippen molar-refractivity contribution in [3.63, 3.8) is 0 Å². The standard InChI is InChI=1S/C10H18O4/c1-7(13-3)6-10(9(11)12)4-5-14-8(10)2/h7-8H,4-6H2,1-3H3,(H,11,12). The first-order chi connectivity index (χ1) is 6.53. The van der Waals surface area contributed by atoms with Gasteiger partial charge in [-0.05, 0) is 26.7 Å². The molecule has 0 spiro atoms. The SMILES string of the molecule is COC(C)CC1(C(=O)O)CCOC1C. The Labute approximate surface area is 84.2 Å². The third-order valence-corrected chi connectivity index (χ3v) is 3.17. The zero-order valence-corrected chi connectivity index (χ0v) is 8.95. The first-order valence-electron chi connectivity index (χ1n) is 4.90. The molecule has 0 bridgehead atoms. The highest BCUT2D eigenvalue weighted by atomic mass is 16.5. The summed E-state index contributed by atoms with van der Waals surface area (Å²) in [4.78, 5) is 11.2. The Morgan fingerprint density at radius 3 is 2.79 bits per heavy atom. The monoisotopic (exact) mass is 202 g/mol. The van der Waals surface area contributed by atoms with Crippen LogP contribution in [0, 0.1) is 5.41 Å². The second-order valence-corrected chi connectivity index (χ2v) is 3.97. The van der Waals surface area contributed by atoms with E-state index in [4.69, 9.17) is 9.47 Å². The molecule has 82 valence electrons. The molecule has 0 aromatic rings. The van der Waals surface area contributed by atoms with Crippen molar-refractivity contribution in [1.29, 1.82) is 0 Å². The van der Waals surface area contributed by atoms with Crippen LogP contribution in [0.3, 0.4) is 0 Å². The fraction of sp³-hybridized carbons (Fsp3) is 0.900. The number of carbonyl (C=O) groups is 1. The lowest BCUT2D eigenvalue weighted by Crippen LogP contribution is -2.40. The molecule has 1 saturated heterocycles. The highest BCUT2D eigenvalue weighted by Crippen LogP contribution is 2.39. The van der Waals surface area contributed by atoms with Crippen LogP contribution in [0.4, 0.5) is 0 Å². The average Bonchev–Trinajstić information content (AvgIpc) is 2.49. The lowest BCUT2D eigenvalue weighted by Gasteiger charge is -2.29. The summed E-state index contributed by atoms with van der Waals surface area (Å²) >= 11 is 0. The molecule has 1 aliphatic heterocycles. The third-order valence-electron chi connectivity index (χ3n) is 3.17. The maximum absolute atomic E-state index is 11.2. The number of ether oxygens (including phenoxy) is 2. The van der Waals surface area contributed by atoms with Crippen LogP contribution in [0.2, 0.25) is 0 Å². The van der Waals surface area contributed by atoms with Crippen molar-refractivity contribution in [3.05, 3.63) is 0 Å². The van der Waals surface area contributed by atoms with E-state index in [0.29, 0.717) is 19.4 Å². The molecule has 1 heterocycles. The van der Waals surface area contributed by atoms with E-state index in [-0.39, 0.29) is 12.2 Å². The molecular formula is C10H18O4. The van der Waals surface area contributed by atoms with E-state index in [1.807, 2.05) is 13.8 Å². The highest BCUT2D eigenvalue weighted by molar-refractivity contribution is 5.75. The predicted octanol–water partition coefficient (Wildman–Crippen LogP) is 1.29. The number of rotatable bonds is 4. The van der Waals surface area contributed by atoms with E-state index in [0.717, 1.165) is 0 Å². The van der Waals surface area contributed by atoms with Gasteiger partial charge in [0.25, 0.3) is 0 Å². The van der Waals surface area contributed by atoms with Crippen molar-refractivity contribution in [2.75, 3.05) is 13.7 Å². The molecule has 0 radical (unpaired) electrons.